The minimum absolute atomic E-state index is 0.253. The normalized spacial score (nSPS) is 11.4. The molecule has 0 radical (unpaired) electrons. The van der Waals surface area contributed by atoms with Crippen LogP contribution in [0.25, 0.3) is 33.5 Å². The average molecular weight is 640 g/mol. The smallest absolute Gasteiger partial charge is 0.282 e. The van der Waals surface area contributed by atoms with Gasteiger partial charge in [-0.3, -0.25) is 9.59 Å². The molecule has 0 aliphatic rings. The number of amides is 1. The van der Waals surface area contributed by atoms with Crippen LogP contribution in [0, 0.1) is 0 Å². The first-order valence-corrected chi connectivity index (χ1v) is 13.1. The quantitative estimate of drug-likeness (QED) is 0.224. The van der Waals surface area contributed by atoms with Crippen molar-refractivity contribution < 1.29 is 18.7 Å². The van der Waals surface area contributed by atoms with Crippen LogP contribution in [0.4, 0.5) is 0 Å². The Morgan fingerprint density at radius 3 is 2.74 bits per heavy atom. The summed E-state index contributed by atoms with van der Waals surface area (Å²) in [5.41, 5.74) is 6.64. The number of nitrogens with two attached hydrogens (primary N) is 1. The molecule has 0 atom stereocenters. The number of nitrogens with zero attached hydrogens (tertiary/aromatic N) is 3. The first-order chi connectivity index (χ1) is 18.3. The number of fused-ring (bicyclic) bond motifs is 2. The highest BCUT2D eigenvalue weighted by atomic mass is 79.9. The lowest BCUT2D eigenvalue weighted by atomic mass is 10.2. The van der Waals surface area contributed by atoms with Crippen LogP contribution in [0.5, 0.6) is 11.5 Å². The lowest BCUT2D eigenvalue weighted by molar-refractivity contribution is -0.119. The molecule has 0 bridgehead atoms. The predicted octanol–water partition coefficient (Wildman–Crippen LogP) is 5.48. The van der Waals surface area contributed by atoms with Crippen molar-refractivity contribution in [3.63, 3.8) is 0 Å². The third-order valence-corrected chi connectivity index (χ3v) is 6.55. The van der Waals surface area contributed by atoms with Gasteiger partial charge in [-0.2, -0.15) is 9.78 Å². The molecule has 2 aromatic heterocycles. The first-order valence-electron chi connectivity index (χ1n) is 11.5. The SMILES string of the molecule is CCOc1cc(C=Nn2c(-c3cc4cc(Br)ccc4o3)nc3ccccc3c2=O)cc(Br)c1OCC(N)=O. The Morgan fingerprint density at radius 1 is 1.13 bits per heavy atom. The Hall–Kier alpha value is -3.96. The van der Waals surface area contributed by atoms with E-state index in [2.05, 4.69) is 37.0 Å². The van der Waals surface area contributed by atoms with Crippen molar-refractivity contribution in [3.8, 4) is 23.1 Å². The highest BCUT2D eigenvalue weighted by Crippen LogP contribution is 2.36. The minimum atomic E-state index is -0.612. The number of rotatable bonds is 8. The summed E-state index contributed by atoms with van der Waals surface area (Å²) in [4.78, 5) is 29.4. The summed E-state index contributed by atoms with van der Waals surface area (Å²) in [6, 6.07) is 17.9. The van der Waals surface area contributed by atoms with E-state index in [0.717, 1.165) is 9.86 Å². The number of primary amides is 1. The third-order valence-electron chi connectivity index (χ3n) is 5.47. The van der Waals surface area contributed by atoms with Gasteiger partial charge in [0.1, 0.15) is 5.58 Å². The molecule has 9 nitrogen and oxygen atoms in total. The second-order valence-corrected chi connectivity index (χ2v) is 9.89. The number of aromatic nitrogens is 2. The van der Waals surface area contributed by atoms with Crippen LogP contribution in [0.3, 0.4) is 0 Å². The van der Waals surface area contributed by atoms with Crippen molar-refractivity contribution >= 4 is 65.9 Å². The van der Waals surface area contributed by atoms with E-state index in [9.17, 15) is 9.59 Å². The van der Waals surface area contributed by atoms with Gasteiger partial charge in [-0.05, 0) is 76.9 Å². The second-order valence-electron chi connectivity index (χ2n) is 8.12. The molecule has 0 fully saturated rings. The topological polar surface area (TPSA) is 122 Å². The lowest BCUT2D eigenvalue weighted by Gasteiger charge is -2.13. The summed E-state index contributed by atoms with van der Waals surface area (Å²) >= 11 is 6.92. The monoisotopic (exact) mass is 638 g/mol. The van der Waals surface area contributed by atoms with Gasteiger partial charge in [0.2, 0.25) is 5.82 Å². The molecule has 0 aliphatic heterocycles. The number of carbonyl (C=O) groups excluding carboxylic acids is 1. The fourth-order valence-electron chi connectivity index (χ4n) is 3.85. The fourth-order valence-corrected chi connectivity index (χ4v) is 4.80. The number of hydrogen-bond acceptors (Lipinski definition) is 7. The highest BCUT2D eigenvalue weighted by molar-refractivity contribution is 9.10. The molecule has 2 heterocycles. The molecule has 5 aromatic rings. The molecule has 0 saturated carbocycles. The maximum Gasteiger partial charge on any atom is 0.282 e. The van der Waals surface area contributed by atoms with Gasteiger partial charge in [0.15, 0.2) is 23.9 Å². The fraction of sp³-hybridized carbons (Fsp3) is 0.111. The number of halogens is 2. The average Bonchev–Trinajstić information content (AvgIpc) is 3.30. The zero-order valence-electron chi connectivity index (χ0n) is 20.0. The number of furan rings is 1. The van der Waals surface area contributed by atoms with Crippen LogP contribution in [-0.2, 0) is 4.79 Å². The van der Waals surface area contributed by atoms with E-state index >= 15 is 0 Å². The van der Waals surface area contributed by atoms with Crippen molar-refractivity contribution in [1.29, 1.82) is 0 Å². The van der Waals surface area contributed by atoms with Crippen LogP contribution < -0.4 is 20.8 Å². The van der Waals surface area contributed by atoms with Crippen LogP contribution in [0.2, 0.25) is 0 Å². The maximum absolute atomic E-state index is 13.5. The number of hydrogen-bond donors (Lipinski definition) is 1. The molecule has 0 unspecified atom stereocenters. The van der Waals surface area contributed by atoms with Crippen LogP contribution in [0.15, 0.2) is 83.9 Å². The van der Waals surface area contributed by atoms with Gasteiger partial charge in [-0.15, -0.1) is 0 Å². The van der Waals surface area contributed by atoms with Gasteiger partial charge in [-0.25, -0.2) is 4.98 Å². The van der Waals surface area contributed by atoms with Crippen molar-refractivity contribution in [2.24, 2.45) is 10.8 Å². The van der Waals surface area contributed by atoms with Crippen LogP contribution >= 0.6 is 31.9 Å². The Labute approximate surface area is 233 Å². The molecular weight excluding hydrogens is 620 g/mol. The molecule has 2 N–H and O–H groups in total. The maximum atomic E-state index is 13.5. The summed E-state index contributed by atoms with van der Waals surface area (Å²) < 4.78 is 19.9. The Balaban J connectivity index is 1.63. The van der Waals surface area contributed by atoms with Gasteiger partial charge in [0.25, 0.3) is 11.5 Å². The van der Waals surface area contributed by atoms with Crippen molar-refractivity contribution in [3.05, 3.63) is 85.5 Å². The summed E-state index contributed by atoms with van der Waals surface area (Å²) in [5, 5.41) is 5.76. The summed E-state index contributed by atoms with van der Waals surface area (Å²) in [6.07, 6.45) is 1.51. The Morgan fingerprint density at radius 2 is 1.95 bits per heavy atom. The van der Waals surface area contributed by atoms with Crippen LogP contribution in [0.1, 0.15) is 12.5 Å². The minimum Gasteiger partial charge on any atom is -0.490 e. The van der Waals surface area contributed by atoms with E-state index in [1.165, 1.54) is 10.9 Å². The molecular formula is C27H20Br2N4O5. The van der Waals surface area contributed by atoms with E-state index < -0.39 is 5.91 Å². The van der Waals surface area contributed by atoms with E-state index in [1.807, 2.05) is 37.3 Å². The lowest BCUT2D eigenvalue weighted by Crippen LogP contribution is -2.20. The summed E-state index contributed by atoms with van der Waals surface area (Å²) in [5.74, 6) is 0.754. The van der Waals surface area contributed by atoms with Gasteiger partial charge in [0.05, 0.1) is 28.2 Å². The molecule has 0 aliphatic carbocycles. The zero-order valence-corrected chi connectivity index (χ0v) is 23.2. The Kier molecular flexibility index (Phi) is 7.30. The second kappa shape index (κ2) is 10.8. The molecule has 11 heteroatoms. The van der Waals surface area contributed by atoms with Gasteiger partial charge in [0, 0.05) is 9.86 Å². The number of benzene rings is 3. The first kappa shape index (κ1) is 25.7. The number of carbonyl (C=O) groups is 1. The molecule has 38 heavy (non-hydrogen) atoms. The molecule has 0 spiro atoms. The number of ether oxygens (including phenoxy) is 2. The summed E-state index contributed by atoms with van der Waals surface area (Å²) in [6.45, 7) is 1.88. The van der Waals surface area contributed by atoms with Crippen molar-refractivity contribution in [2.45, 2.75) is 6.92 Å². The molecule has 5 rings (SSSR count). The van der Waals surface area contributed by atoms with E-state index in [0.29, 0.717) is 50.4 Å². The van der Waals surface area contributed by atoms with Crippen LogP contribution in [-0.4, -0.2) is 35.0 Å². The molecule has 192 valence electrons. The third kappa shape index (κ3) is 5.20. The van der Waals surface area contributed by atoms with Gasteiger partial charge in [-0.1, -0.05) is 28.1 Å². The van der Waals surface area contributed by atoms with E-state index in [1.54, 1.807) is 30.3 Å². The van der Waals surface area contributed by atoms with Gasteiger partial charge < -0.3 is 19.6 Å². The molecule has 3 aromatic carbocycles. The summed E-state index contributed by atoms with van der Waals surface area (Å²) in [7, 11) is 0. The largest absolute Gasteiger partial charge is 0.490 e. The molecule has 0 saturated heterocycles. The predicted molar refractivity (Wildman–Crippen MR) is 152 cm³/mol. The van der Waals surface area contributed by atoms with E-state index in [4.69, 9.17) is 24.6 Å². The van der Waals surface area contributed by atoms with Crippen molar-refractivity contribution in [1.82, 2.24) is 9.66 Å². The number of para-hydroxylation sites is 1. The van der Waals surface area contributed by atoms with Crippen molar-refractivity contribution in [2.75, 3.05) is 13.2 Å². The molecule has 1 amide bonds. The standard InChI is InChI=1S/C27H20Br2N4O5/c1-2-36-22-10-15(9-19(29)25(22)37-14-24(30)34)13-31-33-26(32-20-6-4-3-5-18(20)27(33)35)23-12-16-11-17(28)7-8-21(16)38-23/h3-13H,2,14H2,1H3,(H2,30,34). The Bertz CT molecular complexity index is 1780. The van der Waals surface area contributed by atoms with E-state index in [-0.39, 0.29) is 18.0 Å². The van der Waals surface area contributed by atoms with Gasteiger partial charge >= 0.3 is 0 Å². The zero-order chi connectivity index (χ0) is 26.8. The highest BCUT2D eigenvalue weighted by Gasteiger charge is 2.17.